The summed E-state index contributed by atoms with van der Waals surface area (Å²) in [6.07, 6.45) is 0. The van der Waals surface area contributed by atoms with Gasteiger partial charge in [0.2, 0.25) is 5.88 Å². The quantitative estimate of drug-likeness (QED) is 0.434. The summed E-state index contributed by atoms with van der Waals surface area (Å²) in [5, 5.41) is 11.3. The van der Waals surface area contributed by atoms with Gasteiger partial charge in [-0.05, 0) is 42.8 Å². The van der Waals surface area contributed by atoms with Gasteiger partial charge < -0.3 is 9.15 Å². The predicted molar refractivity (Wildman–Crippen MR) is 106 cm³/mol. The van der Waals surface area contributed by atoms with Crippen LogP contribution in [0.5, 0.6) is 5.88 Å². The molecule has 2 aromatic heterocycles. The molecule has 0 bridgehead atoms. The number of fused-ring (bicyclic) bond motifs is 1. The first kappa shape index (κ1) is 17.1. The fourth-order valence-corrected chi connectivity index (χ4v) is 3.09. The molecule has 0 saturated heterocycles. The highest BCUT2D eigenvalue weighted by Crippen LogP contribution is 2.35. The minimum Gasteiger partial charge on any atom is -0.477 e. The number of para-hydroxylation sites is 1. The second kappa shape index (κ2) is 7.14. The van der Waals surface area contributed by atoms with E-state index in [1.54, 1.807) is 12.1 Å². The molecule has 0 radical (unpaired) electrons. The fourth-order valence-electron chi connectivity index (χ4n) is 2.96. The van der Waals surface area contributed by atoms with Crippen LogP contribution in [-0.2, 0) is 0 Å². The molecule has 5 heteroatoms. The summed E-state index contributed by atoms with van der Waals surface area (Å²) in [7, 11) is 0. The Morgan fingerprint density at radius 3 is 2.59 bits per heavy atom. The van der Waals surface area contributed by atoms with Crippen molar-refractivity contribution in [2.75, 3.05) is 6.61 Å². The monoisotopic (exact) mass is 374 g/mol. The Labute approximate surface area is 161 Å². The average molecular weight is 375 g/mol. The summed E-state index contributed by atoms with van der Waals surface area (Å²) < 4.78 is 11.6. The number of aromatic nitrogens is 1. The summed E-state index contributed by atoms with van der Waals surface area (Å²) in [4.78, 5) is 4.54. The molecule has 0 aliphatic carbocycles. The van der Waals surface area contributed by atoms with Gasteiger partial charge in [-0.2, -0.15) is 5.26 Å². The molecule has 0 saturated carbocycles. The molecule has 0 amide bonds. The van der Waals surface area contributed by atoms with Crippen molar-refractivity contribution in [3.05, 3.63) is 71.2 Å². The summed E-state index contributed by atoms with van der Waals surface area (Å²) in [5.74, 6) is 0.916. The molecule has 27 heavy (non-hydrogen) atoms. The number of ether oxygens (including phenoxy) is 1. The number of hydrogen-bond donors (Lipinski definition) is 0. The Kier molecular flexibility index (Phi) is 4.53. The number of benzene rings is 2. The van der Waals surface area contributed by atoms with Crippen molar-refractivity contribution >= 4 is 22.6 Å². The lowest BCUT2D eigenvalue weighted by molar-refractivity contribution is 0.326. The van der Waals surface area contributed by atoms with Crippen LogP contribution in [0.2, 0.25) is 5.02 Å². The highest BCUT2D eigenvalue weighted by atomic mass is 35.5. The van der Waals surface area contributed by atoms with E-state index in [-0.39, 0.29) is 0 Å². The van der Waals surface area contributed by atoms with E-state index >= 15 is 0 Å². The lowest BCUT2D eigenvalue weighted by Crippen LogP contribution is -2.01. The standard InChI is InChI=1S/C22H15ClN2O2/c1-2-26-22-18(13-24)17(14-7-9-16(23)10-8-14)12-19(25-22)21-11-15-5-3-4-6-20(15)27-21/h3-12H,2H2,1H3. The third kappa shape index (κ3) is 3.25. The SMILES string of the molecule is CCOc1nc(-c2cc3ccccc3o2)cc(-c2ccc(Cl)cc2)c1C#N. The molecule has 4 aromatic rings. The van der Waals surface area contributed by atoms with Crippen LogP contribution in [0.3, 0.4) is 0 Å². The molecule has 4 rings (SSSR count). The fraction of sp³-hybridized carbons (Fsp3) is 0.0909. The van der Waals surface area contributed by atoms with Crippen molar-refractivity contribution in [1.82, 2.24) is 4.98 Å². The highest BCUT2D eigenvalue weighted by Gasteiger charge is 2.18. The largest absolute Gasteiger partial charge is 0.477 e. The van der Waals surface area contributed by atoms with Crippen LogP contribution < -0.4 is 4.74 Å². The second-order valence-electron chi connectivity index (χ2n) is 5.94. The van der Waals surface area contributed by atoms with Gasteiger partial charge in [0.25, 0.3) is 0 Å². The van der Waals surface area contributed by atoms with Gasteiger partial charge in [-0.15, -0.1) is 0 Å². The van der Waals surface area contributed by atoms with Crippen LogP contribution in [-0.4, -0.2) is 11.6 Å². The number of nitriles is 1. The molecule has 0 unspecified atom stereocenters. The Morgan fingerprint density at radius 1 is 1.11 bits per heavy atom. The van der Waals surface area contributed by atoms with Crippen molar-refractivity contribution in [1.29, 1.82) is 5.26 Å². The minimum atomic E-state index is 0.294. The van der Waals surface area contributed by atoms with Gasteiger partial charge in [-0.25, -0.2) is 4.98 Å². The number of furan rings is 1. The zero-order chi connectivity index (χ0) is 18.8. The molecule has 4 nitrogen and oxygen atoms in total. The first-order valence-corrected chi connectivity index (χ1v) is 8.90. The molecule has 0 aliphatic heterocycles. The Balaban J connectivity index is 1.94. The van der Waals surface area contributed by atoms with Gasteiger partial charge in [-0.3, -0.25) is 0 Å². The molecule has 2 aromatic carbocycles. The summed E-state index contributed by atoms with van der Waals surface area (Å²) in [6, 6.07) is 21.1. The van der Waals surface area contributed by atoms with Gasteiger partial charge in [0.1, 0.15) is 22.9 Å². The highest BCUT2D eigenvalue weighted by molar-refractivity contribution is 6.30. The topological polar surface area (TPSA) is 59.1 Å². The van der Waals surface area contributed by atoms with E-state index in [9.17, 15) is 5.26 Å². The zero-order valence-corrected chi connectivity index (χ0v) is 15.3. The van der Waals surface area contributed by atoms with Crippen molar-refractivity contribution < 1.29 is 9.15 Å². The number of hydrogen-bond acceptors (Lipinski definition) is 4. The Bertz CT molecular complexity index is 1120. The zero-order valence-electron chi connectivity index (χ0n) is 14.6. The second-order valence-corrected chi connectivity index (χ2v) is 6.37. The number of halogens is 1. The van der Waals surface area contributed by atoms with Crippen LogP contribution in [0.25, 0.3) is 33.6 Å². The molecular weight excluding hydrogens is 360 g/mol. The third-order valence-electron chi connectivity index (χ3n) is 4.21. The van der Waals surface area contributed by atoms with E-state index in [0.29, 0.717) is 34.5 Å². The predicted octanol–water partition coefficient (Wildman–Crippen LogP) is 6.09. The lowest BCUT2D eigenvalue weighted by Gasteiger charge is -2.11. The van der Waals surface area contributed by atoms with Gasteiger partial charge in [0.05, 0.1) is 6.61 Å². The number of pyridine rings is 1. The molecule has 0 aliphatic rings. The van der Waals surface area contributed by atoms with Gasteiger partial charge >= 0.3 is 0 Å². The normalized spacial score (nSPS) is 10.7. The van der Waals surface area contributed by atoms with Crippen molar-refractivity contribution in [3.63, 3.8) is 0 Å². The number of rotatable bonds is 4. The van der Waals surface area contributed by atoms with E-state index in [4.69, 9.17) is 20.8 Å². The maximum Gasteiger partial charge on any atom is 0.232 e. The molecule has 2 heterocycles. The van der Waals surface area contributed by atoms with Crippen molar-refractivity contribution in [2.45, 2.75) is 6.92 Å². The van der Waals surface area contributed by atoms with Crippen LogP contribution in [0, 0.1) is 11.3 Å². The summed E-state index contributed by atoms with van der Waals surface area (Å²) >= 11 is 6.01. The first-order chi connectivity index (χ1) is 13.2. The molecule has 0 N–H and O–H groups in total. The van der Waals surface area contributed by atoms with E-state index < -0.39 is 0 Å². The van der Waals surface area contributed by atoms with Gasteiger partial charge in [0, 0.05) is 16.0 Å². The number of nitrogens with zero attached hydrogens (tertiary/aromatic N) is 2. The van der Waals surface area contributed by atoms with Crippen molar-refractivity contribution in [3.8, 4) is 34.5 Å². The Hall–Kier alpha value is -3.29. The molecular formula is C22H15ClN2O2. The minimum absolute atomic E-state index is 0.294. The van der Waals surface area contributed by atoms with E-state index in [0.717, 1.165) is 22.1 Å². The maximum atomic E-state index is 9.70. The smallest absolute Gasteiger partial charge is 0.232 e. The molecule has 0 spiro atoms. The van der Waals surface area contributed by atoms with Gasteiger partial charge in [-0.1, -0.05) is 41.9 Å². The van der Waals surface area contributed by atoms with E-state index in [1.165, 1.54) is 0 Å². The average Bonchev–Trinajstić information content (AvgIpc) is 3.12. The van der Waals surface area contributed by atoms with E-state index in [1.807, 2.05) is 55.5 Å². The molecule has 0 atom stereocenters. The lowest BCUT2D eigenvalue weighted by atomic mass is 10.00. The van der Waals surface area contributed by atoms with Crippen LogP contribution in [0.4, 0.5) is 0 Å². The van der Waals surface area contributed by atoms with Crippen LogP contribution in [0.1, 0.15) is 12.5 Å². The van der Waals surface area contributed by atoms with Gasteiger partial charge in [0.15, 0.2) is 5.76 Å². The summed E-state index contributed by atoms with van der Waals surface area (Å²) in [5.41, 5.74) is 3.36. The van der Waals surface area contributed by atoms with Crippen molar-refractivity contribution in [2.24, 2.45) is 0 Å². The van der Waals surface area contributed by atoms with Crippen LogP contribution >= 0.6 is 11.6 Å². The molecule has 0 fully saturated rings. The molecule has 132 valence electrons. The Morgan fingerprint density at radius 2 is 1.89 bits per heavy atom. The summed E-state index contributed by atoms with van der Waals surface area (Å²) in [6.45, 7) is 2.27. The first-order valence-electron chi connectivity index (χ1n) is 8.52. The third-order valence-corrected chi connectivity index (χ3v) is 4.46. The maximum absolute atomic E-state index is 9.70. The van der Waals surface area contributed by atoms with Crippen LogP contribution in [0.15, 0.2) is 65.1 Å². The van der Waals surface area contributed by atoms with E-state index in [2.05, 4.69) is 11.1 Å².